The van der Waals surface area contributed by atoms with Crippen LogP contribution in [0.15, 0.2) is 17.0 Å². The Balaban J connectivity index is 2.37. The van der Waals surface area contributed by atoms with Crippen molar-refractivity contribution < 1.29 is 28.6 Å². The van der Waals surface area contributed by atoms with Crippen LogP contribution in [-0.4, -0.2) is 47.9 Å². The third-order valence-electron chi connectivity index (χ3n) is 4.28. The summed E-state index contributed by atoms with van der Waals surface area (Å²) in [6.45, 7) is 7.62. The molecule has 0 unspecified atom stereocenters. The topological polar surface area (TPSA) is 82.1 Å². The molecule has 0 saturated carbocycles. The van der Waals surface area contributed by atoms with Gasteiger partial charge in [0.1, 0.15) is 6.04 Å². The third-order valence-corrected chi connectivity index (χ3v) is 5.44. The van der Waals surface area contributed by atoms with Gasteiger partial charge >= 0.3 is 5.97 Å². The van der Waals surface area contributed by atoms with E-state index in [1.54, 1.807) is 12.1 Å². The fraction of sp³-hybridized carbons (Fsp3) is 0.450. The molecule has 1 aromatic rings. The molecule has 1 aliphatic rings. The van der Waals surface area contributed by atoms with Crippen LogP contribution in [0.1, 0.15) is 39.7 Å². The lowest BCUT2D eigenvalue weighted by molar-refractivity contribution is -0.148. The molecule has 7 nitrogen and oxygen atoms in total. The largest absolute Gasteiger partial charge is 0.490 e. The molecule has 9 heteroatoms. The molecule has 0 aliphatic carbocycles. The normalized spacial score (nSPS) is 17.4. The summed E-state index contributed by atoms with van der Waals surface area (Å²) in [6, 6.07) is 2.33. The predicted molar refractivity (Wildman–Crippen MR) is 112 cm³/mol. The summed E-state index contributed by atoms with van der Waals surface area (Å²) in [4.78, 5) is 37.7. The molecule has 1 aromatic carbocycles. The molecule has 2 rings (SSSR count). The van der Waals surface area contributed by atoms with Crippen LogP contribution < -0.4 is 9.47 Å². The number of nitrogens with zero attached hydrogens (tertiary/aromatic N) is 1. The number of hydrogen-bond acceptors (Lipinski definition) is 7. The highest BCUT2D eigenvalue weighted by molar-refractivity contribution is 8.18. The summed E-state index contributed by atoms with van der Waals surface area (Å²) < 4.78 is 16.1. The lowest BCUT2D eigenvalue weighted by Crippen LogP contribution is -2.42. The Hall–Kier alpha value is -2.19. The quantitative estimate of drug-likeness (QED) is 0.433. The molecule has 1 heterocycles. The van der Waals surface area contributed by atoms with Gasteiger partial charge in [0, 0.05) is 0 Å². The van der Waals surface area contributed by atoms with E-state index in [-0.39, 0.29) is 11.0 Å². The van der Waals surface area contributed by atoms with Crippen LogP contribution in [-0.2, 0) is 14.3 Å². The van der Waals surface area contributed by atoms with Crippen LogP contribution in [0, 0.1) is 0 Å². The van der Waals surface area contributed by atoms with Gasteiger partial charge in [0.2, 0.25) is 0 Å². The average molecular weight is 442 g/mol. The Labute approximate surface area is 179 Å². The van der Waals surface area contributed by atoms with Gasteiger partial charge in [0.05, 0.1) is 29.7 Å². The summed E-state index contributed by atoms with van der Waals surface area (Å²) in [5, 5.41) is -0.198. The van der Waals surface area contributed by atoms with Crippen molar-refractivity contribution in [2.45, 2.75) is 46.3 Å². The first-order valence-electron chi connectivity index (χ1n) is 9.21. The number of thioether (sulfide) groups is 1. The van der Waals surface area contributed by atoms with E-state index in [0.29, 0.717) is 28.7 Å². The molecule has 1 saturated heterocycles. The van der Waals surface area contributed by atoms with Crippen molar-refractivity contribution >= 4 is 46.6 Å². The van der Waals surface area contributed by atoms with Crippen LogP contribution in [0.25, 0.3) is 6.08 Å². The number of carbonyl (C=O) groups is 3. The molecule has 0 radical (unpaired) electrons. The second kappa shape index (κ2) is 10.0. The standard InChI is InChI=1S/C20H24ClNO6S/c1-6-11(3)28-17-14(21)8-13(9-15(17)27-7-2)10-16-18(23)22(20(25)29-16)12(4)19(24)26-5/h8-12H,6-7H2,1-5H3/b16-10+/t11-,12-/m0/s1. The second-order valence-electron chi connectivity index (χ2n) is 6.35. The maximum Gasteiger partial charge on any atom is 0.328 e. The van der Waals surface area contributed by atoms with E-state index >= 15 is 0 Å². The molecule has 0 bridgehead atoms. The van der Waals surface area contributed by atoms with Crippen molar-refractivity contribution in [2.24, 2.45) is 0 Å². The minimum atomic E-state index is -1.01. The molecule has 0 aromatic heterocycles. The zero-order valence-corrected chi connectivity index (χ0v) is 18.6. The summed E-state index contributed by atoms with van der Waals surface area (Å²) in [5.74, 6) is -0.338. The van der Waals surface area contributed by atoms with Crippen molar-refractivity contribution in [2.75, 3.05) is 13.7 Å². The molecule has 0 N–H and O–H groups in total. The summed E-state index contributed by atoms with van der Waals surface area (Å²) >= 11 is 7.15. The van der Waals surface area contributed by atoms with Gasteiger partial charge in [0.15, 0.2) is 11.5 Å². The third kappa shape index (κ3) is 5.25. The smallest absolute Gasteiger partial charge is 0.328 e. The fourth-order valence-corrected chi connectivity index (χ4v) is 3.75. The van der Waals surface area contributed by atoms with Crippen LogP contribution in [0.5, 0.6) is 11.5 Å². The fourth-order valence-electron chi connectivity index (χ4n) is 2.57. The van der Waals surface area contributed by atoms with E-state index in [1.165, 1.54) is 20.1 Å². The van der Waals surface area contributed by atoms with Crippen LogP contribution in [0.3, 0.4) is 0 Å². The van der Waals surface area contributed by atoms with Crippen LogP contribution >= 0.6 is 23.4 Å². The number of imide groups is 1. The molecular weight excluding hydrogens is 418 g/mol. The van der Waals surface area contributed by atoms with Crippen molar-refractivity contribution in [3.8, 4) is 11.5 Å². The first-order chi connectivity index (χ1) is 13.7. The number of ether oxygens (including phenoxy) is 3. The first kappa shape index (κ1) is 23.1. The zero-order chi connectivity index (χ0) is 21.7. The number of halogens is 1. The lowest BCUT2D eigenvalue weighted by atomic mass is 10.1. The highest BCUT2D eigenvalue weighted by Gasteiger charge is 2.41. The molecule has 158 valence electrons. The second-order valence-corrected chi connectivity index (χ2v) is 7.75. The van der Waals surface area contributed by atoms with Crippen LogP contribution in [0.2, 0.25) is 5.02 Å². The lowest BCUT2D eigenvalue weighted by Gasteiger charge is -2.19. The van der Waals surface area contributed by atoms with Crippen molar-refractivity contribution in [3.05, 3.63) is 27.6 Å². The first-order valence-corrected chi connectivity index (χ1v) is 10.4. The minimum Gasteiger partial charge on any atom is -0.490 e. The number of rotatable bonds is 8. The molecule has 0 spiro atoms. The van der Waals surface area contributed by atoms with E-state index in [4.69, 9.17) is 21.1 Å². The van der Waals surface area contributed by atoms with Crippen LogP contribution in [0.4, 0.5) is 4.79 Å². The SMILES string of the molecule is CCOc1cc(/C=C2/SC(=O)N([C@@H](C)C(=O)OC)C2=O)cc(Cl)c1O[C@@H](C)CC. The molecular formula is C20H24ClNO6S. The Bertz CT molecular complexity index is 841. The Kier molecular flexibility index (Phi) is 7.98. The van der Waals surface area contributed by atoms with Gasteiger partial charge in [-0.25, -0.2) is 4.79 Å². The van der Waals surface area contributed by atoms with E-state index in [1.807, 2.05) is 20.8 Å². The number of carbonyl (C=O) groups excluding carboxylic acids is 3. The number of benzene rings is 1. The summed E-state index contributed by atoms with van der Waals surface area (Å²) in [5.41, 5.74) is 0.575. The van der Waals surface area contributed by atoms with Gasteiger partial charge in [-0.3, -0.25) is 14.5 Å². The predicted octanol–water partition coefficient (Wildman–Crippen LogP) is 4.51. The molecule has 29 heavy (non-hydrogen) atoms. The summed E-state index contributed by atoms with van der Waals surface area (Å²) in [7, 11) is 1.20. The van der Waals surface area contributed by atoms with Gasteiger partial charge in [-0.05, 0) is 62.7 Å². The molecule has 2 amide bonds. The van der Waals surface area contributed by atoms with Gasteiger partial charge in [0.25, 0.3) is 11.1 Å². The van der Waals surface area contributed by atoms with E-state index in [9.17, 15) is 14.4 Å². The maximum atomic E-state index is 12.6. The highest BCUT2D eigenvalue weighted by atomic mass is 35.5. The average Bonchev–Trinajstić information content (AvgIpc) is 2.96. The van der Waals surface area contributed by atoms with Gasteiger partial charge in [-0.1, -0.05) is 18.5 Å². The molecule has 1 fully saturated rings. The molecule has 1 aliphatic heterocycles. The maximum absolute atomic E-state index is 12.6. The zero-order valence-electron chi connectivity index (χ0n) is 17.0. The number of methoxy groups -OCH3 is 1. The van der Waals surface area contributed by atoms with Gasteiger partial charge < -0.3 is 14.2 Å². The van der Waals surface area contributed by atoms with Crippen molar-refractivity contribution in [1.29, 1.82) is 0 Å². The Morgan fingerprint density at radius 2 is 1.97 bits per heavy atom. The number of hydrogen-bond donors (Lipinski definition) is 0. The van der Waals surface area contributed by atoms with Gasteiger partial charge in [-0.15, -0.1) is 0 Å². The Morgan fingerprint density at radius 1 is 1.28 bits per heavy atom. The number of esters is 1. The minimum absolute atomic E-state index is 0.0473. The van der Waals surface area contributed by atoms with Crippen molar-refractivity contribution in [1.82, 2.24) is 4.90 Å². The van der Waals surface area contributed by atoms with E-state index in [2.05, 4.69) is 4.74 Å². The van der Waals surface area contributed by atoms with Gasteiger partial charge in [-0.2, -0.15) is 0 Å². The van der Waals surface area contributed by atoms with E-state index < -0.39 is 23.2 Å². The van der Waals surface area contributed by atoms with Crippen molar-refractivity contribution in [3.63, 3.8) is 0 Å². The Morgan fingerprint density at radius 3 is 2.55 bits per heavy atom. The number of amides is 2. The monoisotopic (exact) mass is 441 g/mol. The highest BCUT2D eigenvalue weighted by Crippen LogP contribution is 2.40. The molecule has 2 atom stereocenters. The van der Waals surface area contributed by atoms with E-state index in [0.717, 1.165) is 23.1 Å². The summed E-state index contributed by atoms with van der Waals surface area (Å²) in [6.07, 6.45) is 2.29.